The molecule has 0 atom stereocenters. The van der Waals surface area contributed by atoms with E-state index in [-0.39, 0.29) is 5.41 Å². The molecule has 0 aliphatic rings. The Kier molecular flexibility index (Phi) is 3.80. The highest BCUT2D eigenvalue weighted by molar-refractivity contribution is 7.90. The topological polar surface area (TPSA) is 39.1 Å². The molecule has 0 spiro atoms. The van der Waals surface area contributed by atoms with Crippen molar-refractivity contribution in [3.63, 3.8) is 0 Å². The molecule has 3 aromatic rings. The van der Waals surface area contributed by atoms with Crippen molar-refractivity contribution in [1.29, 1.82) is 0 Å². The lowest BCUT2D eigenvalue weighted by Crippen LogP contribution is -2.12. The second-order valence-corrected chi connectivity index (χ2v) is 8.83. The standard InChI is InChI=1S/C19H21NO2S/c1-19(2,3)14-15-8-7-11-18-17(15)12-13-20(18)23(21,22)16-9-5-4-6-10-16/h4-13H,14H2,1-3H3. The van der Waals surface area contributed by atoms with Crippen molar-refractivity contribution >= 4 is 20.9 Å². The van der Waals surface area contributed by atoms with Gasteiger partial charge < -0.3 is 0 Å². The maximum atomic E-state index is 12.9. The minimum Gasteiger partial charge on any atom is -0.241 e. The number of aromatic nitrogens is 1. The Morgan fingerprint density at radius 2 is 1.61 bits per heavy atom. The fourth-order valence-electron chi connectivity index (χ4n) is 2.85. The summed E-state index contributed by atoms with van der Waals surface area (Å²) in [5, 5.41) is 1.00. The van der Waals surface area contributed by atoms with Gasteiger partial charge in [0.25, 0.3) is 10.0 Å². The number of hydrogen-bond acceptors (Lipinski definition) is 2. The number of fused-ring (bicyclic) bond motifs is 1. The van der Waals surface area contributed by atoms with E-state index in [1.807, 2.05) is 24.3 Å². The Labute approximate surface area is 137 Å². The van der Waals surface area contributed by atoms with Crippen LogP contribution < -0.4 is 0 Å². The van der Waals surface area contributed by atoms with E-state index in [1.165, 1.54) is 9.54 Å². The lowest BCUT2D eigenvalue weighted by molar-refractivity contribution is 0.412. The van der Waals surface area contributed by atoms with E-state index in [0.717, 1.165) is 17.3 Å². The Morgan fingerprint density at radius 1 is 0.913 bits per heavy atom. The SMILES string of the molecule is CC(C)(C)Cc1cccc2c1ccn2S(=O)(=O)c1ccccc1. The summed E-state index contributed by atoms with van der Waals surface area (Å²) in [6, 6.07) is 16.3. The largest absolute Gasteiger partial charge is 0.268 e. The first-order chi connectivity index (χ1) is 10.8. The van der Waals surface area contributed by atoms with Gasteiger partial charge in [-0.05, 0) is 41.7 Å². The molecule has 0 unspecified atom stereocenters. The zero-order valence-corrected chi connectivity index (χ0v) is 14.5. The van der Waals surface area contributed by atoms with Crippen LogP contribution in [0.5, 0.6) is 0 Å². The van der Waals surface area contributed by atoms with E-state index in [2.05, 4.69) is 26.8 Å². The van der Waals surface area contributed by atoms with Crippen LogP contribution >= 0.6 is 0 Å². The first-order valence-electron chi connectivity index (χ1n) is 7.69. The van der Waals surface area contributed by atoms with Crippen molar-refractivity contribution in [3.05, 3.63) is 66.4 Å². The van der Waals surface area contributed by atoms with Gasteiger partial charge in [0.2, 0.25) is 0 Å². The molecule has 120 valence electrons. The van der Waals surface area contributed by atoms with Crippen LogP contribution in [0.1, 0.15) is 26.3 Å². The molecular formula is C19H21NO2S. The van der Waals surface area contributed by atoms with Crippen LogP contribution in [0.4, 0.5) is 0 Å². The van der Waals surface area contributed by atoms with Gasteiger partial charge in [0, 0.05) is 11.6 Å². The molecule has 0 saturated carbocycles. The van der Waals surface area contributed by atoms with E-state index >= 15 is 0 Å². The average Bonchev–Trinajstić information content (AvgIpc) is 2.92. The average molecular weight is 327 g/mol. The monoisotopic (exact) mass is 327 g/mol. The van der Waals surface area contributed by atoms with Gasteiger partial charge in [-0.15, -0.1) is 0 Å². The van der Waals surface area contributed by atoms with Gasteiger partial charge in [0.05, 0.1) is 10.4 Å². The van der Waals surface area contributed by atoms with E-state index in [1.54, 1.807) is 30.5 Å². The molecule has 4 heteroatoms. The highest BCUT2D eigenvalue weighted by atomic mass is 32.2. The van der Waals surface area contributed by atoms with E-state index < -0.39 is 10.0 Å². The Hall–Kier alpha value is -2.07. The van der Waals surface area contributed by atoms with Gasteiger partial charge in [-0.1, -0.05) is 51.1 Å². The summed E-state index contributed by atoms with van der Waals surface area (Å²) in [5.74, 6) is 0. The molecule has 0 radical (unpaired) electrons. The summed E-state index contributed by atoms with van der Waals surface area (Å²) >= 11 is 0. The zero-order valence-electron chi connectivity index (χ0n) is 13.7. The maximum Gasteiger partial charge on any atom is 0.268 e. The minimum absolute atomic E-state index is 0.148. The summed E-state index contributed by atoms with van der Waals surface area (Å²) < 4.78 is 27.1. The minimum atomic E-state index is -3.57. The van der Waals surface area contributed by atoms with E-state index in [4.69, 9.17) is 0 Å². The molecule has 2 aromatic carbocycles. The summed E-state index contributed by atoms with van der Waals surface area (Å²) in [4.78, 5) is 0.304. The fraction of sp³-hybridized carbons (Fsp3) is 0.263. The molecule has 0 aliphatic heterocycles. The lowest BCUT2D eigenvalue weighted by Gasteiger charge is -2.18. The number of rotatable bonds is 3. The predicted octanol–water partition coefficient (Wildman–Crippen LogP) is 4.47. The normalized spacial score (nSPS) is 12.7. The molecule has 3 nitrogen and oxygen atoms in total. The first kappa shape index (κ1) is 15.8. The van der Waals surface area contributed by atoms with Crippen LogP contribution in [0.15, 0.2) is 65.7 Å². The van der Waals surface area contributed by atoms with E-state index in [9.17, 15) is 8.42 Å². The molecule has 0 bridgehead atoms. The smallest absolute Gasteiger partial charge is 0.241 e. The van der Waals surface area contributed by atoms with Crippen LogP contribution in [0.2, 0.25) is 0 Å². The van der Waals surface area contributed by atoms with Crippen molar-refractivity contribution in [1.82, 2.24) is 3.97 Å². The molecule has 0 saturated heterocycles. The second-order valence-electron chi connectivity index (χ2n) is 7.02. The van der Waals surface area contributed by atoms with Crippen molar-refractivity contribution in [2.75, 3.05) is 0 Å². The summed E-state index contributed by atoms with van der Waals surface area (Å²) in [7, 11) is -3.57. The van der Waals surface area contributed by atoms with Gasteiger partial charge >= 0.3 is 0 Å². The molecule has 0 fully saturated rings. The Bertz CT molecular complexity index is 932. The third-order valence-electron chi connectivity index (χ3n) is 3.81. The second kappa shape index (κ2) is 5.53. The van der Waals surface area contributed by atoms with E-state index in [0.29, 0.717) is 4.90 Å². The van der Waals surface area contributed by atoms with Crippen molar-refractivity contribution < 1.29 is 8.42 Å². The summed E-state index contributed by atoms with van der Waals surface area (Å²) in [5.41, 5.74) is 2.06. The van der Waals surface area contributed by atoms with Gasteiger partial charge in [-0.2, -0.15) is 0 Å². The Balaban J connectivity index is 2.16. The molecule has 0 amide bonds. The molecule has 1 aromatic heterocycles. The van der Waals surface area contributed by atoms with Crippen LogP contribution in [0, 0.1) is 5.41 Å². The van der Waals surface area contributed by atoms with Gasteiger partial charge in [0.15, 0.2) is 0 Å². The van der Waals surface area contributed by atoms with Crippen LogP contribution in [-0.2, 0) is 16.4 Å². The number of nitrogens with zero attached hydrogens (tertiary/aromatic N) is 1. The first-order valence-corrected chi connectivity index (χ1v) is 9.13. The van der Waals surface area contributed by atoms with Crippen LogP contribution in [0.25, 0.3) is 10.9 Å². The third-order valence-corrected chi connectivity index (χ3v) is 5.51. The molecule has 23 heavy (non-hydrogen) atoms. The van der Waals surface area contributed by atoms with Gasteiger partial charge in [0.1, 0.15) is 0 Å². The molecule has 1 heterocycles. The quantitative estimate of drug-likeness (QED) is 0.712. The summed E-state index contributed by atoms with van der Waals surface area (Å²) in [6.45, 7) is 6.55. The molecule has 0 aliphatic carbocycles. The maximum absolute atomic E-state index is 12.9. The fourth-order valence-corrected chi connectivity index (χ4v) is 4.22. The summed E-state index contributed by atoms with van der Waals surface area (Å²) in [6.07, 6.45) is 2.55. The highest BCUT2D eigenvalue weighted by Crippen LogP contribution is 2.29. The molecule has 3 rings (SSSR count). The van der Waals surface area contributed by atoms with Gasteiger partial charge in [-0.3, -0.25) is 0 Å². The van der Waals surface area contributed by atoms with Crippen LogP contribution in [0.3, 0.4) is 0 Å². The number of benzene rings is 2. The molecular weight excluding hydrogens is 306 g/mol. The third kappa shape index (κ3) is 3.04. The van der Waals surface area contributed by atoms with Gasteiger partial charge in [-0.25, -0.2) is 12.4 Å². The Morgan fingerprint density at radius 3 is 2.26 bits per heavy atom. The predicted molar refractivity (Wildman–Crippen MR) is 94.1 cm³/mol. The van der Waals surface area contributed by atoms with Crippen molar-refractivity contribution in [3.8, 4) is 0 Å². The molecule has 0 N–H and O–H groups in total. The van der Waals surface area contributed by atoms with Crippen LogP contribution in [-0.4, -0.2) is 12.4 Å². The van der Waals surface area contributed by atoms with Crippen molar-refractivity contribution in [2.24, 2.45) is 5.41 Å². The zero-order chi connectivity index (χ0) is 16.7. The van der Waals surface area contributed by atoms with Crippen molar-refractivity contribution in [2.45, 2.75) is 32.1 Å². The lowest BCUT2D eigenvalue weighted by atomic mass is 9.87. The number of hydrogen-bond donors (Lipinski definition) is 0. The highest BCUT2D eigenvalue weighted by Gasteiger charge is 2.20.